The van der Waals surface area contributed by atoms with E-state index in [1.54, 1.807) is 6.07 Å². The molecule has 2 aromatic rings. The van der Waals surface area contributed by atoms with Crippen molar-refractivity contribution in [2.75, 3.05) is 6.54 Å². The van der Waals surface area contributed by atoms with Gasteiger partial charge in [0.05, 0.1) is 5.02 Å². The van der Waals surface area contributed by atoms with Gasteiger partial charge in [-0.1, -0.05) is 24.6 Å². The van der Waals surface area contributed by atoms with E-state index in [-0.39, 0.29) is 10.8 Å². The molecule has 2 rings (SSSR count). The zero-order valence-electron chi connectivity index (χ0n) is 12.2. The van der Waals surface area contributed by atoms with Crippen molar-refractivity contribution in [1.82, 2.24) is 10.3 Å². The van der Waals surface area contributed by atoms with E-state index < -0.39 is 0 Å². The van der Waals surface area contributed by atoms with Gasteiger partial charge in [0.25, 0.3) is 0 Å². The molecule has 112 valence electrons. The maximum absolute atomic E-state index is 13.5. The van der Waals surface area contributed by atoms with Crippen LogP contribution in [0.5, 0.6) is 0 Å². The maximum atomic E-state index is 13.5. The van der Waals surface area contributed by atoms with Crippen LogP contribution in [0.3, 0.4) is 0 Å². The molecule has 21 heavy (non-hydrogen) atoms. The molecule has 0 aliphatic rings. The van der Waals surface area contributed by atoms with Crippen LogP contribution in [0, 0.1) is 5.82 Å². The van der Waals surface area contributed by atoms with Crippen molar-refractivity contribution in [2.45, 2.75) is 32.2 Å². The number of halogens is 2. The standard InChI is InChI=1S/C17H20ClFN2/c1-2-21-15(5-3-13-7-9-20-10-8-13)11-14-4-6-16(18)17(19)12-14/h4,6-10,12,15,21H,2-3,5,11H2,1H3. The number of likely N-dealkylation sites (N-methyl/N-ethyl adjacent to an activating group) is 1. The van der Waals surface area contributed by atoms with E-state index in [1.807, 2.05) is 30.6 Å². The first kappa shape index (κ1) is 15.9. The van der Waals surface area contributed by atoms with Gasteiger partial charge in [-0.05, 0) is 61.2 Å². The third-order valence-corrected chi connectivity index (χ3v) is 3.80. The molecule has 1 atom stereocenters. The van der Waals surface area contributed by atoms with Gasteiger partial charge in [0, 0.05) is 18.4 Å². The molecule has 0 spiro atoms. The first-order chi connectivity index (χ1) is 10.2. The monoisotopic (exact) mass is 306 g/mol. The molecule has 0 amide bonds. The zero-order chi connectivity index (χ0) is 15.1. The van der Waals surface area contributed by atoms with Gasteiger partial charge in [-0.2, -0.15) is 0 Å². The third kappa shape index (κ3) is 5.10. The molecular formula is C17H20ClFN2. The van der Waals surface area contributed by atoms with Crippen molar-refractivity contribution < 1.29 is 4.39 Å². The SMILES string of the molecule is CCNC(CCc1ccncc1)Cc1ccc(Cl)c(F)c1. The molecule has 4 heteroatoms. The second-order valence-corrected chi connectivity index (χ2v) is 5.51. The summed E-state index contributed by atoms with van der Waals surface area (Å²) in [6.07, 6.45) is 6.41. The molecule has 1 aromatic carbocycles. The minimum atomic E-state index is -0.349. The minimum absolute atomic E-state index is 0.176. The average molecular weight is 307 g/mol. The third-order valence-electron chi connectivity index (χ3n) is 3.49. The summed E-state index contributed by atoms with van der Waals surface area (Å²) in [6.45, 7) is 2.99. The maximum Gasteiger partial charge on any atom is 0.142 e. The molecule has 0 aliphatic heterocycles. The number of hydrogen-bond acceptors (Lipinski definition) is 2. The van der Waals surface area contributed by atoms with E-state index in [1.165, 1.54) is 11.6 Å². The van der Waals surface area contributed by atoms with Gasteiger partial charge < -0.3 is 5.32 Å². The molecule has 0 bridgehead atoms. The van der Waals surface area contributed by atoms with Crippen molar-refractivity contribution in [1.29, 1.82) is 0 Å². The van der Waals surface area contributed by atoms with E-state index in [0.29, 0.717) is 6.04 Å². The fourth-order valence-corrected chi connectivity index (χ4v) is 2.52. The Balaban J connectivity index is 1.96. The van der Waals surface area contributed by atoms with Crippen molar-refractivity contribution in [2.24, 2.45) is 0 Å². The highest BCUT2D eigenvalue weighted by Crippen LogP contribution is 2.17. The number of pyridine rings is 1. The van der Waals surface area contributed by atoms with Gasteiger partial charge in [0.2, 0.25) is 0 Å². The van der Waals surface area contributed by atoms with Crippen LogP contribution in [-0.2, 0) is 12.8 Å². The summed E-state index contributed by atoms with van der Waals surface area (Å²) in [7, 11) is 0. The average Bonchev–Trinajstić information content (AvgIpc) is 2.50. The summed E-state index contributed by atoms with van der Waals surface area (Å²) in [5, 5.41) is 3.64. The number of rotatable bonds is 7. The van der Waals surface area contributed by atoms with Crippen molar-refractivity contribution in [3.05, 3.63) is 64.7 Å². The van der Waals surface area contributed by atoms with Gasteiger partial charge in [-0.3, -0.25) is 4.98 Å². The van der Waals surface area contributed by atoms with Gasteiger partial charge in [-0.25, -0.2) is 4.39 Å². The quantitative estimate of drug-likeness (QED) is 0.835. The molecule has 0 radical (unpaired) electrons. The van der Waals surface area contributed by atoms with E-state index in [0.717, 1.165) is 31.4 Å². The van der Waals surface area contributed by atoms with Crippen LogP contribution < -0.4 is 5.32 Å². The number of benzene rings is 1. The lowest BCUT2D eigenvalue weighted by molar-refractivity contribution is 0.489. The fraction of sp³-hybridized carbons (Fsp3) is 0.353. The normalized spacial score (nSPS) is 12.3. The summed E-state index contributed by atoms with van der Waals surface area (Å²) < 4.78 is 13.5. The fourth-order valence-electron chi connectivity index (χ4n) is 2.41. The molecule has 1 N–H and O–H groups in total. The molecule has 0 aliphatic carbocycles. The summed E-state index contributed by atoms with van der Waals surface area (Å²) in [6, 6.07) is 9.43. The topological polar surface area (TPSA) is 24.9 Å². The first-order valence-electron chi connectivity index (χ1n) is 7.25. The number of hydrogen-bond donors (Lipinski definition) is 1. The molecule has 1 heterocycles. The molecular weight excluding hydrogens is 287 g/mol. The summed E-state index contributed by atoms with van der Waals surface area (Å²) >= 11 is 5.72. The van der Waals surface area contributed by atoms with E-state index >= 15 is 0 Å². The Hall–Kier alpha value is -1.45. The Bertz CT molecular complexity index is 560. The number of aryl methyl sites for hydroxylation is 1. The number of nitrogens with one attached hydrogen (secondary N) is 1. The van der Waals surface area contributed by atoms with Crippen LogP contribution in [0.4, 0.5) is 4.39 Å². The first-order valence-corrected chi connectivity index (χ1v) is 7.63. The Morgan fingerprint density at radius 2 is 1.95 bits per heavy atom. The van der Waals surface area contributed by atoms with Crippen LogP contribution in [0.2, 0.25) is 5.02 Å². The highest BCUT2D eigenvalue weighted by atomic mass is 35.5. The predicted octanol–water partition coefficient (Wildman–Crippen LogP) is 4.03. The van der Waals surface area contributed by atoms with Crippen LogP contribution in [-0.4, -0.2) is 17.6 Å². The minimum Gasteiger partial charge on any atom is -0.314 e. The predicted molar refractivity (Wildman–Crippen MR) is 85.1 cm³/mol. The summed E-state index contributed by atoms with van der Waals surface area (Å²) in [5.41, 5.74) is 2.24. The molecule has 2 nitrogen and oxygen atoms in total. The number of aromatic nitrogens is 1. The highest BCUT2D eigenvalue weighted by Gasteiger charge is 2.10. The van der Waals surface area contributed by atoms with Crippen molar-refractivity contribution in [3.63, 3.8) is 0 Å². The summed E-state index contributed by atoms with van der Waals surface area (Å²) in [4.78, 5) is 4.02. The van der Waals surface area contributed by atoms with Crippen LogP contribution in [0.25, 0.3) is 0 Å². The second kappa shape index (κ2) is 8.11. The smallest absolute Gasteiger partial charge is 0.142 e. The highest BCUT2D eigenvalue weighted by molar-refractivity contribution is 6.30. The van der Waals surface area contributed by atoms with E-state index in [9.17, 15) is 4.39 Å². The van der Waals surface area contributed by atoms with Gasteiger partial charge in [0.15, 0.2) is 0 Å². The van der Waals surface area contributed by atoms with Crippen LogP contribution >= 0.6 is 11.6 Å². The Morgan fingerprint density at radius 1 is 1.19 bits per heavy atom. The van der Waals surface area contributed by atoms with Gasteiger partial charge in [-0.15, -0.1) is 0 Å². The lowest BCUT2D eigenvalue weighted by Gasteiger charge is -2.18. The second-order valence-electron chi connectivity index (χ2n) is 5.10. The molecule has 1 unspecified atom stereocenters. The summed E-state index contributed by atoms with van der Waals surface area (Å²) in [5.74, 6) is -0.349. The lowest BCUT2D eigenvalue weighted by Crippen LogP contribution is -2.31. The Morgan fingerprint density at radius 3 is 2.62 bits per heavy atom. The van der Waals surface area contributed by atoms with Crippen LogP contribution in [0.1, 0.15) is 24.5 Å². The molecule has 0 saturated carbocycles. The van der Waals surface area contributed by atoms with E-state index in [2.05, 4.69) is 17.2 Å². The number of nitrogens with zero attached hydrogens (tertiary/aromatic N) is 1. The lowest BCUT2D eigenvalue weighted by atomic mass is 9.99. The van der Waals surface area contributed by atoms with E-state index in [4.69, 9.17) is 11.6 Å². The largest absolute Gasteiger partial charge is 0.314 e. The van der Waals surface area contributed by atoms with Gasteiger partial charge >= 0.3 is 0 Å². The molecule has 1 aromatic heterocycles. The van der Waals surface area contributed by atoms with Crippen molar-refractivity contribution in [3.8, 4) is 0 Å². The van der Waals surface area contributed by atoms with Crippen LogP contribution in [0.15, 0.2) is 42.7 Å². The Labute approximate surface area is 130 Å². The van der Waals surface area contributed by atoms with Crippen molar-refractivity contribution >= 4 is 11.6 Å². The Kier molecular flexibility index (Phi) is 6.15. The zero-order valence-corrected chi connectivity index (χ0v) is 12.9. The van der Waals surface area contributed by atoms with Gasteiger partial charge in [0.1, 0.15) is 5.82 Å². The molecule has 0 saturated heterocycles. The molecule has 0 fully saturated rings.